The number of hydrogen-bond acceptors (Lipinski definition) is 5. The van der Waals surface area contributed by atoms with Crippen molar-refractivity contribution >= 4 is 17.7 Å². The molecule has 186 valence electrons. The van der Waals surface area contributed by atoms with Gasteiger partial charge in [-0.2, -0.15) is 0 Å². The van der Waals surface area contributed by atoms with Gasteiger partial charge in [-0.3, -0.25) is 19.3 Å². The molecule has 2 saturated heterocycles. The molecule has 1 atom stereocenters. The van der Waals surface area contributed by atoms with Gasteiger partial charge >= 0.3 is 0 Å². The summed E-state index contributed by atoms with van der Waals surface area (Å²) >= 11 is 0. The van der Waals surface area contributed by atoms with Gasteiger partial charge in [-0.15, -0.1) is 0 Å². The molecule has 0 bridgehead atoms. The molecule has 1 aromatic heterocycles. The van der Waals surface area contributed by atoms with Gasteiger partial charge in [0.1, 0.15) is 23.3 Å². The lowest BCUT2D eigenvalue weighted by atomic mass is 9.96. The summed E-state index contributed by atoms with van der Waals surface area (Å²) in [5.74, 6) is -1.06. The molecule has 5 rings (SSSR count). The molecule has 2 aliphatic rings. The SMILES string of the molecule is O=C(NCc1ccco1)C1COC2(CCN(C(=O)c3ccccc3F)CC2)N1C(=O)c1ccccc1. The van der Waals surface area contributed by atoms with Gasteiger partial charge in [0.25, 0.3) is 11.8 Å². The van der Waals surface area contributed by atoms with E-state index in [4.69, 9.17) is 9.15 Å². The Labute approximate surface area is 207 Å². The maximum atomic E-state index is 14.2. The number of rotatable bonds is 5. The minimum absolute atomic E-state index is 0.00758. The third-order valence-electron chi connectivity index (χ3n) is 6.76. The van der Waals surface area contributed by atoms with Crippen LogP contribution >= 0.6 is 0 Å². The van der Waals surface area contributed by atoms with Crippen LogP contribution in [0.15, 0.2) is 77.4 Å². The van der Waals surface area contributed by atoms with Crippen molar-refractivity contribution in [1.82, 2.24) is 15.1 Å². The Morgan fingerprint density at radius 1 is 0.944 bits per heavy atom. The van der Waals surface area contributed by atoms with E-state index in [1.54, 1.807) is 47.4 Å². The molecule has 9 heteroatoms. The topological polar surface area (TPSA) is 92.1 Å². The van der Waals surface area contributed by atoms with E-state index in [0.29, 0.717) is 24.2 Å². The number of piperidine rings is 1. The largest absolute Gasteiger partial charge is 0.467 e. The Bertz CT molecular complexity index is 1240. The van der Waals surface area contributed by atoms with Gasteiger partial charge in [-0.1, -0.05) is 30.3 Å². The molecule has 0 radical (unpaired) electrons. The van der Waals surface area contributed by atoms with Gasteiger partial charge in [-0.05, 0) is 36.4 Å². The molecule has 1 unspecified atom stereocenters. The summed E-state index contributed by atoms with van der Waals surface area (Å²) in [4.78, 5) is 42.8. The predicted molar refractivity (Wildman–Crippen MR) is 127 cm³/mol. The second kappa shape index (κ2) is 9.94. The number of halogens is 1. The maximum absolute atomic E-state index is 14.2. The number of furan rings is 1. The van der Waals surface area contributed by atoms with E-state index in [0.717, 1.165) is 0 Å². The molecule has 1 spiro atoms. The van der Waals surface area contributed by atoms with Crippen LogP contribution in [0.5, 0.6) is 0 Å². The van der Waals surface area contributed by atoms with E-state index >= 15 is 0 Å². The highest BCUT2D eigenvalue weighted by Crippen LogP contribution is 2.39. The van der Waals surface area contributed by atoms with Crippen LogP contribution in [-0.4, -0.2) is 59.0 Å². The summed E-state index contributed by atoms with van der Waals surface area (Å²) in [6.07, 6.45) is 2.12. The second-order valence-electron chi connectivity index (χ2n) is 8.88. The first-order chi connectivity index (χ1) is 17.5. The Hall–Kier alpha value is -3.98. The van der Waals surface area contributed by atoms with Crippen LogP contribution in [0.3, 0.4) is 0 Å². The fourth-order valence-electron chi connectivity index (χ4n) is 4.86. The zero-order valence-corrected chi connectivity index (χ0v) is 19.6. The van der Waals surface area contributed by atoms with Crippen molar-refractivity contribution in [3.63, 3.8) is 0 Å². The number of benzene rings is 2. The number of nitrogens with one attached hydrogen (secondary N) is 1. The molecule has 1 N–H and O–H groups in total. The highest BCUT2D eigenvalue weighted by Gasteiger charge is 2.54. The molecule has 0 aliphatic carbocycles. The summed E-state index contributed by atoms with van der Waals surface area (Å²) in [6.45, 7) is 0.733. The van der Waals surface area contributed by atoms with Crippen LogP contribution in [0.4, 0.5) is 4.39 Å². The molecule has 3 heterocycles. The maximum Gasteiger partial charge on any atom is 0.256 e. The third kappa shape index (κ3) is 4.49. The molecule has 3 aromatic rings. The van der Waals surface area contributed by atoms with E-state index in [2.05, 4.69) is 5.32 Å². The number of likely N-dealkylation sites (tertiary alicyclic amines) is 1. The van der Waals surface area contributed by atoms with Crippen LogP contribution < -0.4 is 5.32 Å². The van der Waals surface area contributed by atoms with Crippen molar-refractivity contribution in [2.24, 2.45) is 0 Å². The van der Waals surface area contributed by atoms with Crippen LogP contribution in [0.25, 0.3) is 0 Å². The molecule has 36 heavy (non-hydrogen) atoms. The van der Waals surface area contributed by atoms with Crippen LogP contribution in [0.1, 0.15) is 39.3 Å². The Morgan fingerprint density at radius 3 is 2.36 bits per heavy atom. The number of hydrogen-bond donors (Lipinski definition) is 1. The zero-order valence-electron chi connectivity index (χ0n) is 19.6. The molecule has 8 nitrogen and oxygen atoms in total. The first-order valence-electron chi connectivity index (χ1n) is 11.8. The normalized spacial score (nSPS) is 18.9. The van der Waals surface area contributed by atoms with Gasteiger partial charge in [0, 0.05) is 31.5 Å². The first kappa shape index (κ1) is 23.7. The number of amides is 3. The molecular formula is C27H26FN3O5. The van der Waals surface area contributed by atoms with Crippen LogP contribution in [-0.2, 0) is 16.1 Å². The number of carbonyl (C=O) groups is 3. The van der Waals surface area contributed by atoms with Crippen LogP contribution in [0, 0.1) is 5.82 Å². The van der Waals surface area contributed by atoms with Crippen LogP contribution in [0.2, 0.25) is 0 Å². The fourth-order valence-corrected chi connectivity index (χ4v) is 4.86. The lowest BCUT2D eigenvalue weighted by Crippen LogP contribution is -2.59. The van der Waals surface area contributed by atoms with Crippen molar-refractivity contribution in [2.45, 2.75) is 31.2 Å². The van der Waals surface area contributed by atoms with Gasteiger partial charge in [0.05, 0.1) is 25.0 Å². The average molecular weight is 492 g/mol. The summed E-state index contributed by atoms with van der Waals surface area (Å²) in [7, 11) is 0. The Kier molecular flexibility index (Phi) is 6.56. The van der Waals surface area contributed by atoms with Gasteiger partial charge in [-0.25, -0.2) is 4.39 Å². The van der Waals surface area contributed by atoms with E-state index in [9.17, 15) is 18.8 Å². The van der Waals surface area contributed by atoms with Crippen molar-refractivity contribution in [2.75, 3.05) is 19.7 Å². The van der Waals surface area contributed by atoms with E-state index < -0.39 is 23.5 Å². The number of ether oxygens (including phenoxy) is 1. The first-order valence-corrected chi connectivity index (χ1v) is 11.8. The fraction of sp³-hybridized carbons (Fsp3) is 0.296. The summed E-state index contributed by atoms with van der Waals surface area (Å²) in [6, 6.07) is 17.2. The quantitative estimate of drug-likeness (QED) is 0.592. The second-order valence-corrected chi connectivity index (χ2v) is 8.88. The Balaban J connectivity index is 1.36. The highest BCUT2D eigenvalue weighted by atomic mass is 19.1. The lowest BCUT2D eigenvalue weighted by Gasteiger charge is -2.44. The van der Waals surface area contributed by atoms with E-state index in [1.807, 2.05) is 6.07 Å². The standard InChI is InChI=1S/C27H26FN3O5/c28-22-11-5-4-10-21(22)26(34)30-14-12-27(13-15-30)31(25(33)19-7-2-1-3-8-19)23(18-36-27)24(32)29-17-20-9-6-16-35-20/h1-11,16,23H,12-15,17-18H2,(H,29,32). The lowest BCUT2D eigenvalue weighted by molar-refractivity contribution is -0.128. The summed E-state index contributed by atoms with van der Waals surface area (Å²) in [5, 5.41) is 2.83. The predicted octanol–water partition coefficient (Wildman–Crippen LogP) is 3.21. The molecule has 2 aromatic carbocycles. The molecule has 2 fully saturated rings. The molecule has 3 amide bonds. The number of carbonyl (C=O) groups excluding carboxylic acids is 3. The van der Waals surface area contributed by atoms with Crippen molar-refractivity contribution < 1.29 is 27.9 Å². The van der Waals surface area contributed by atoms with E-state index in [-0.39, 0.29) is 43.6 Å². The summed E-state index contributed by atoms with van der Waals surface area (Å²) < 4.78 is 25.6. The van der Waals surface area contributed by atoms with Gasteiger partial charge < -0.3 is 19.4 Å². The zero-order chi connectivity index (χ0) is 25.1. The van der Waals surface area contributed by atoms with Gasteiger partial charge in [0.2, 0.25) is 5.91 Å². The molecular weight excluding hydrogens is 465 g/mol. The smallest absolute Gasteiger partial charge is 0.256 e. The minimum atomic E-state index is -1.05. The Morgan fingerprint density at radius 2 is 1.67 bits per heavy atom. The minimum Gasteiger partial charge on any atom is -0.467 e. The van der Waals surface area contributed by atoms with E-state index in [1.165, 1.54) is 29.4 Å². The van der Waals surface area contributed by atoms with Crippen molar-refractivity contribution in [3.05, 3.63) is 95.7 Å². The average Bonchev–Trinajstić information content (AvgIpc) is 3.56. The highest BCUT2D eigenvalue weighted by molar-refractivity contribution is 5.98. The summed E-state index contributed by atoms with van der Waals surface area (Å²) in [5.41, 5.74) is -0.602. The van der Waals surface area contributed by atoms with Crippen molar-refractivity contribution in [3.8, 4) is 0 Å². The third-order valence-corrected chi connectivity index (χ3v) is 6.76. The number of nitrogens with zero attached hydrogens (tertiary/aromatic N) is 2. The molecule has 2 aliphatic heterocycles. The monoisotopic (exact) mass is 491 g/mol. The van der Waals surface area contributed by atoms with Gasteiger partial charge in [0.15, 0.2) is 0 Å². The molecule has 0 saturated carbocycles. The van der Waals surface area contributed by atoms with Crippen molar-refractivity contribution in [1.29, 1.82) is 0 Å².